The first-order valence-corrected chi connectivity index (χ1v) is 40.1. The molecular formula is C72H112N22O17S2. The average Bonchev–Trinajstić information content (AvgIpc) is 1.72. The highest BCUT2D eigenvalue weighted by molar-refractivity contribution is 7.98. The highest BCUT2D eigenvalue weighted by Gasteiger charge is 2.45. The molecule has 14 atom stereocenters. The Kier molecular flexibility index (Phi) is 36.8. The SMILES string of the molecule is CSCC[C@H](NC(=O)[C@H](CS)NC(=O)[C@H](CCCN=C(N)N)NC(=O)[C@H](CCCN=C(N)N)NC(=O)C1CCC(=O)N1)C(=O)N1CCC[C@H]1C(=O)N[C@@H](CC(C)C)C(=O)N[C@@H](Cc1cnc[nH]1)C(=O)N[C@@H](CO)C(=O)N[C@@H](C)C(=O)N[C@H](C(=O)N1CCC[C@H]1C(=O)N[C@@H](Cc1ccccc1)C(=O)N1CCC[C@H]1C(=O)O)C(C)C. The summed E-state index contributed by atoms with van der Waals surface area (Å²) < 4.78 is 0. The van der Waals surface area contributed by atoms with Crippen LogP contribution in [0.15, 0.2) is 52.8 Å². The van der Waals surface area contributed by atoms with Gasteiger partial charge in [-0.15, -0.1) is 0 Å². The summed E-state index contributed by atoms with van der Waals surface area (Å²) in [6.07, 6.45) is 6.62. The minimum absolute atomic E-state index is 0.00433. The number of carbonyl (C=O) groups is 15. The largest absolute Gasteiger partial charge is 0.480 e. The molecule has 22 N–H and O–H groups in total. The number of H-pyrrole nitrogens is 1. The minimum atomic E-state index is -1.74. The van der Waals surface area contributed by atoms with Gasteiger partial charge in [0.05, 0.1) is 12.9 Å². The standard InChI is InChI=1S/C72H112N22O17S2/c1-38(2)31-47(87-65(105)52-19-12-27-92(52)67(107)46(24-30-113-6)85-64(104)51(36-112)90-59(99)44(18-11-26-79-72(75)76)83-58(98)43(17-10-25-78-71(73)74)84-60(100)45-22-23-55(96)82-45)61(101)86-48(33-42-34-77-37-80-42)62(102)89-50(35-95)63(103)81-40(5)57(97)91-56(39(3)4)69(109)93-28-13-20-53(93)66(106)88-49(32-41-15-8-7-9-16-41)68(108)94-29-14-21-54(94)70(110)111/h7-9,15-16,34,37-40,43-54,56,95,112H,10-14,17-33,35-36H2,1-6H3,(H,77,80)(H,81,103)(H,82,96)(H,83,98)(H,84,100)(H,85,104)(H,86,101)(H,87,105)(H,88,106)(H,89,102)(H,90,99)(H,91,97)(H,110,111)(H4,73,74,78)(H4,75,76,79)/t40-,43-,44-,45?,46-,47-,48-,49-,50-,51-,52-,53-,54-,56-/m0/s1. The number of aliphatic carboxylic acids is 1. The van der Waals surface area contributed by atoms with Crippen LogP contribution >= 0.6 is 24.4 Å². The number of thiol groups is 1. The number of aliphatic hydroxyl groups is 1. The van der Waals surface area contributed by atoms with Crippen molar-refractivity contribution < 1.29 is 82.1 Å². The van der Waals surface area contributed by atoms with E-state index < -0.39 is 180 Å². The Balaban J connectivity index is 1.10. The van der Waals surface area contributed by atoms with E-state index in [0.29, 0.717) is 36.3 Å². The number of guanidine groups is 2. The quantitative estimate of drug-likeness (QED) is 0.0128. The van der Waals surface area contributed by atoms with Gasteiger partial charge in [-0.25, -0.2) is 9.78 Å². The normalized spacial score (nSPS) is 19.2. The molecule has 4 fully saturated rings. The number of thioether (sulfide) groups is 1. The molecule has 0 saturated carbocycles. The molecule has 0 radical (unpaired) electrons. The number of aliphatic imine (C=N–C) groups is 2. The number of hydrogen-bond acceptors (Lipinski definition) is 21. The van der Waals surface area contributed by atoms with Gasteiger partial charge in [0.25, 0.3) is 0 Å². The Labute approximate surface area is 665 Å². The van der Waals surface area contributed by atoms with Gasteiger partial charge in [-0.3, -0.25) is 77.1 Å². The van der Waals surface area contributed by atoms with Crippen molar-refractivity contribution in [3.8, 4) is 0 Å². The molecule has 2 aromatic rings. The van der Waals surface area contributed by atoms with Crippen LogP contribution in [-0.4, -0.2) is 277 Å². The topological polar surface area (TPSA) is 596 Å². The maximum atomic E-state index is 14.8. The number of aliphatic hydroxyl groups excluding tert-OH is 1. The monoisotopic (exact) mass is 1620 g/mol. The molecule has 39 nitrogen and oxygen atoms in total. The third-order valence-electron chi connectivity index (χ3n) is 19.7. The zero-order valence-corrected chi connectivity index (χ0v) is 66.3. The number of aromatic nitrogens is 2. The number of rotatable bonds is 44. The van der Waals surface area contributed by atoms with Gasteiger partial charge >= 0.3 is 5.97 Å². The van der Waals surface area contributed by atoms with Gasteiger partial charge < -0.3 is 111 Å². The van der Waals surface area contributed by atoms with E-state index >= 15 is 0 Å². The van der Waals surface area contributed by atoms with Crippen molar-refractivity contribution in [1.29, 1.82) is 0 Å². The number of imidazole rings is 1. The second kappa shape index (κ2) is 45.4. The number of nitrogens with two attached hydrogens (primary N) is 4. The zero-order chi connectivity index (χ0) is 83.2. The molecule has 0 spiro atoms. The highest BCUT2D eigenvalue weighted by Crippen LogP contribution is 2.25. The van der Waals surface area contributed by atoms with E-state index in [4.69, 9.17) is 22.9 Å². The Bertz CT molecular complexity index is 3700. The predicted molar refractivity (Wildman–Crippen MR) is 418 cm³/mol. The second-order valence-electron chi connectivity index (χ2n) is 29.2. The number of aromatic amines is 1. The molecule has 4 aliphatic heterocycles. The Morgan fingerprint density at radius 1 is 0.566 bits per heavy atom. The Morgan fingerprint density at radius 3 is 1.58 bits per heavy atom. The van der Waals surface area contributed by atoms with Gasteiger partial charge in [-0.1, -0.05) is 58.0 Å². The maximum absolute atomic E-state index is 14.8. The summed E-state index contributed by atoms with van der Waals surface area (Å²) in [5.74, 6) is -12.9. The van der Waals surface area contributed by atoms with Gasteiger partial charge in [-0.2, -0.15) is 24.4 Å². The van der Waals surface area contributed by atoms with Crippen LogP contribution in [0.5, 0.6) is 0 Å². The summed E-state index contributed by atoms with van der Waals surface area (Å²) in [5, 5.41) is 49.5. The van der Waals surface area contributed by atoms with Crippen LogP contribution in [0.25, 0.3) is 0 Å². The predicted octanol–water partition coefficient (Wildman–Crippen LogP) is -5.12. The van der Waals surface area contributed by atoms with Crippen molar-refractivity contribution in [2.75, 3.05) is 57.1 Å². The first kappa shape index (κ1) is 91.6. The van der Waals surface area contributed by atoms with Crippen LogP contribution in [0.2, 0.25) is 0 Å². The molecule has 0 aliphatic carbocycles. The van der Waals surface area contributed by atoms with Crippen LogP contribution in [0.1, 0.15) is 136 Å². The Morgan fingerprint density at radius 2 is 1.05 bits per heavy atom. The summed E-state index contributed by atoms with van der Waals surface area (Å²) in [6.45, 7) is 7.63. The first-order valence-electron chi connectivity index (χ1n) is 38.1. The van der Waals surface area contributed by atoms with Crippen LogP contribution < -0.4 is 81.4 Å². The number of amides is 14. The van der Waals surface area contributed by atoms with Gasteiger partial charge in [0.15, 0.2) is 11.9 Å². The smallest absolute Gasteiger partial charge is 0.326 e. The number of benzene rings is 1. The van der Waals surface area contributed by atoms with E-state index in [0.717, 1.165) is 0 Å². The van der Waals surface area contributed by atoms with E-state index in [1.807, 2.05) is 0 Å². The van der Waals surface area contributed by atoms with Crippen LogP contribution in [0.3, 0.4) is 0 Å². The van der Waals surface area contributed by atoms with E-state index in [1.54, 1.807) is 64.3 Å². The van der Waals surface area contributed by atoms with Crippen molar-refractivity contribution in [1.82, 2.24) is 83.2 Å². The van der Waals surface area contributed by atoms with Gasteiger partial charge in [0, 0.05) is 69.6 Å². The lowest BCUT2D eigenvalue weighted by Gasteiger charge is -2.33. The summed E-state index contributed by atoms with van der Waals surface area (Å²) >= 11 is 5.73. The van der Waals surface area contributed by atoms with Crippen LogP contribution in [0.4, 0.5) is 0 Å². The lowest BCUT2D eigenvalue weighted by atomic mass is 10.0. The lowest BCUT2D eigenvalue weighted by Crippen LogP contribution is -2.61. The third kappa shape index (κ3) is 28.1. The minimum Gasteiger partial charge on any atom is -0.480 e. The number of carbonyl (C=O) groups excluding carboxylic acids is 14. The molecule has 624 valence electrons. The summed E-state index contributed by atoms with van der Waals surface area (Å²) in [7, 11) is 0. The molecule has 41 heteroatoms. The fourth-order valence-electron chi connectivity index (χ4n) is 13.6. The van der Waals surface area contributed by atoms with Crippen molar-refractivity contribution >= 4 is 125 Å². The highest BCUT2D eigenvalue weighted by atomic mass is 32.2. The van der Waals surface area contributed by atoms with E-state index in [9.17, 15) is 82.1 Å². The fraction of sp³-hybridized carbons (Fsp3) is 0.639. The molecule has 5 heterocycles. The number of hydrogen-bond donors (Lipinski definition) is 19. The number of carboxylic acid groups (broad SMARTS) is 1. The van der Waals surface area contributed by atoms with Gasteiger partial charge in [-0.05, 0) is 120 Å². The molecule has 14 amide bonds. The molecule has 1 aromatic carbocycles. The van der Waals surface area contributed by atoms with Gasteiger partial charge in [0.2, 0.25) is 82.7 Å². The van der Waals surface area contributed by atoms with E-state index in [-0.39, 0.29) is 146 Å². The average molecular weight is 1620 g/mol. The summed E-state index contributed by atoms with van der Waals surface area (Å²) in [4.78, 5) is 228. The van der Waals surface area contributed by atoms with E-state index in [2.05, 4.69) is 91.1 Å². The molecule has 0 bridgehead atoms. The number of carboxylic acids is 1. The second-order valence-corrected chi connectivity index (χ2v) is 30.5. The van der Waals surface area contributed by atoms with Crippen molar-refractivity contribution in [2.24, 2.45) is 44.8 Å². The Hall–Kier alpha value is -10.3. The number of nitrogens with one attached hydrogen (secondary N) is 12. The number of likely N-dealkylation sites (tertiary alicyclic amines) is 3. The zero-order valence-electron chi connectivity index (χ0n) is 64.6. The third-order valence-corrected chi connectivity index (χ3v) is 20.7. The molecule has 4 aliphatic rings. The molecule has 113 heavy (non-hydrogen) atoms. The molecule has 1 aromatic heterocycles. The summed E-state index contributed by atoms with van der Waals surface area (Å²) in [6, 6.07) is -9.14. The summed E-state index contributed by atoms with van der Waals surface area (Å²) in [5.41, 5.74) is 23.1. The van der Waals surface area contributed by atoms with Crippen molar-refractivity contribution in [2.45, 2.75) is 222 Å². The maximum Gasteiger partial charge on any atom is 0.326 e. The molecule has 4 saturated heterocycles. The molecule has 6 rings (SSSR count). The fourth-order valence-corrected chi connectivity index (χ4v) is 14.4. The van der Waals surface area contributed by atoms with Crippen LogP contribution in [0, 0.1) is 11.8 Å². The first-order chi connectivity index (χ1) is 53.7. The van der Waals surface area contributed by atoms with Crippen LogP contribution in [-0.2, 0) is 84.8 Å². The van der Waals surface area contributed by atoms with Crippen molar-refractivity contribution in [3.63, 3.8) is 0 Å². The lowest BCUT2D eigenvalue weighted by molar-refractivity contribution is -0.150. The molecule has 1 unspecified atom stereocenters. The van der Waals surface area contributed by atoms with Crippen molar-refractivity contribution in [3.05, 3.63) is 54.1 Å². The van der Waals surface area contributed by atoms with Gasteiger partial charge in [0.1, 0.15) is 84.6 Å². The van der Waals surface area contributed by atoms with E-state index in [1.165, 1.54) is 45.9 Å². The molecular weight excluding hydrogens is 1510 g/mol. The number of nitrogens with zero attached hydrogens (tertiary/aromatic N) is 6.